The molecule has 0 radical (unpaired) electrons. The molecule has 1 unspecified atom stereocenters. The van der Waals surface area contributed by atoms with E-state index < -0.39 is 16.1 Å². The van der Waals surface area contributed by atoms with Crippen LogP contribution in [0.5, 0.6) is 5.75 Å². The van der Waals surface area contributed by atoms with Gasteiger partial charge in [0, 0.05) is 30.2 Å². The summed E-state index contributed by atoms with van der Waals surface area (Å²) in [4.78, 5) is 0. The van der Waals surface area contributed by atoms with Crippen LogP contribution in [0.2, 0.25) is 0 Å². The Labute approximate surface area is 182 Å². The maximum Gasteiger partial charge on any atom is 0.229 e. The number of anilines is 1. The summed E-state index contributed by atoms with van der Waals surface area (Å²) in [6.45, 7) is 5.28. The van der Waals surface area contributed by atoms with E-state index in [0.717, 1.165) is 34.3 Å². The zero-order valence-electron chi connectivity index (χ0n) is 17.1. The van der Waals surface area contributed by atoms with Gasteiger partial charge in [-0.25, -0.2) is 8.42 Å². The van der Waals surface area contributed by atoms with E-state index in [9.17, 15) is 13.5 Å². The first-order valence-corrected chi connectivity index (χ1v) is 11.2. The molecular formula is C21H27ClN2O5S. The highest BCUT2D eigenvalue weighted by Crippen LogP contribution is 2.28. The molecule has 0 saturated heterocycles. The van der Waals surface area contributed by atoms with Gasteiger partial charge in [0.05, 0.1) is 12.4 Å². The number of ether oxygens (including phenoxy) is 1. The number of sulfonamides is 1. The molecule has 1 aromatic heterocycles. The van der Waals surface area contributed by atoms with Gasteiger partial charge >= 0.3 is 0 Å². The van der Waals surface area contributed by atoms with Gasteiger partial charge in [-0.1, -0.05) is 12.1 Å². The lowest BCUT2D eigenvalue weighted by Gasteiger charge is -2.14. The van der Waals surface area contributed by atoms with E-state index in [2.05, 4.69) is 10.0 Å². The summed E-state index contributed by atoms with van der Waals surface area (Å²) in [5, 5.41) is 14.5. The van der Waals surface area contributed by atoms with Crippen LogP contribution in [0.4, 0.5) is 5.69 Å². The molecule has 0 saturated carbocycles. The van der Waals surface area contributed by atoms with Crippen LogP contribution in [0.25, 0.3) is 11.0 Å². The Morgan fingerprint density at radius 1 is 1.17 bits per heavy atom. The van der Waals surface area contributed by atoms with Crippen molar-refractivity contribution in [3.05, 3.63) is 59.4 Å². The maximum absolute atomic E-state index is 11.3. The predicted molar refractivity (Wildman–Crippen MR) is 121 cm³/mol. The van der Waals surface area contributed by atoms with Gasteiger partial charge in [0.25, 0.3) is 0 Å². The molecule has 1 heterocycles. The number of hydrogen-bond donors (Lipinski definition) is 3. The Morgan fingerprint density at radius 3 is 2.67 bits per heavy atom. The number of aliphatic hydroxyl groups is 1. The highest BCUT2D eigenvalue weighted by molar-refractivity contribution is 7.92. The summed E-state index contributed by atoms with van der Waals surface area (Å²) in [7, 11) is -3.36. The first-order valence-electron chi connectivity index (χ1n) is 9.32. The first kappa shape index (κ1) is 24.0. The maximum atomic E-state index is 11.3. The van der Waals surface area contributed by atoms with Crippen molar-refractivity contribution in [2.24, 2.45) is 0 Å². The minimum absolute atomic E-state index is 0. The molecule has 0 aliphatic rings. The van der Waals surface area contributed by atoms with Crippen molar-refractivity contribution < 1.29 is 22.7 Å². The number of nitrogens with one attached hydrogen (secondary N) is 2. The molecule has 0 amide bonds. The van der Waals surface area contributed by atoms with Crippen LogP contribution in [-0.2, 0) is 10.0 Å². The van der Waals surface area contributed by atoms with E-state index in [4.69, 9.17) is 9.15 Å². The average molecular weight is 455 g/mol. The van der Waals surface area contributed by atoms with E-state index in [1.165, 1.54) is 0 Å². The predicted octanol–water partition coefficient (Wildman–Crippen LogP) is 3.54. The minimum atomic E-state index is -3.36. The van der Waals surface area contributed by atoms with E-state index in [0.29, 0.717) is 30.9 Å². The van der Waals surface area contributed by atoms with E-state index in [1.807, 2.05) is 32.0 Å². The third-order valence-electron chi connectivity index (χ3n) is 4.61. The Morgan fingerprint density at radius 2 is 1.93 bits per heavy atom. The summed E-state index contributed by atoms with van der Waals surface area (Å²) >= 11 is 0. The molecule has 30 heavy (non-hydrogen) atoms. The number of aliphatic hydroxyl groups excluding tert-OH is 1. The fraction of sp³-hybridized carbons (Fsp3) is 0.333. The molecule has 0 spiro atoms. The lowest BCUT2D eigenvalue weighted by Crippen LogP contribution is -2.26. The second-order valence-electron chi connectivity index (χ2n) is 7.01. The third kappa shape index (κ3) is 6.37. The summed E-state index contributed by atoms with van der Waals surface area (Å²) in [5.74, 6) is 1.64. The molecular weight excluding hydrogens is 428 g/mol. The molecule has 0 bridgehead atoms. The topological polar surface area (TPSA) is 101 Å². The zero-order chi connectivity index (χ0) is 21.0. The van der Waals surface area contributed by atoms with E-state index >= 15 is 0 Å². The van der Waals surface area contributed by atoms with Crippen LogP contribution >= 0.6 is 12.4 Å². The van der Waals surface area contributed by atoms with Crippen molar-refractivity contribution in [2.45, 2.75) is 20.0 Å². The molecule has 3 aromatic rings. The second kappa shape index (κ2) is 10.2. The number of hydrogen-bond acceptors (Lipinski definition) is 6. The van der Waals surface area contributed by atoms with Crippen molar-refractivity contribution in [1.29, 1.82) is 0 Å². The van der Waals surface area contributed by atoms with Crippen molar-refractivity contribution in [3.63, 3.8) is 0 Å². The van der Waals surface area contributed by atoms with E-state index in [1.54, 1.807) is 24.3 Å². The van der Waals surface area contributed by atoms with Crippen LogP contribution in [0.1, 0.15) is 23.0 Å². The van der Waals surface area contributed by atoms with Gasteiger partial charge in [0.2, 0.25) is 10.0 Å². The number of rotatable bonds is 9. The first-order chi connectivity index (χ1) is 13.7. The highest BCUT2D eigenvalue weighted by Gasteiger charge is 2.10. The zero-order valence-corrected chi connectivity index (χ0v) is 18.8. The second-order valence-corrected chi connectivity index (χ2v) is 8.76. The molecule has 3 N–H and O–H groups in total. The van der Waals surface area contributed by atoms with Gasteiger partial charge in [-0.2, -0.15) is 0 Å². The van der Waals surface area contributed by atoms with Crippen molar-refractivity contribution in [3.8, 4) is 5.75 Å². The molecule has 9 heteroatoms. The minimum Gasteiger partial charge on any atom is -0.492 e. The Hall–Kier alpha value is -2.26. The normalized spacial score (nSPS) is 12.4. The van der Waals surface area contributed by atoms with Gasteiger partial charge in [-0.05, 0) is 49.2 Å². The molecule has 2 aromatic carbocycles. The SMILES string of the molecule is Cc1oc2cc(OCCNCC(O)c3cccc(NS(C)(=O)=O)c3)ccc2c1C.Cl. The molecule has 0 fully saturated rings. The number of halogens is 1. The lowest BCUT2D eigenvalue weighted by molar-refractivity contribution is 0.172. The summed E-state index contributed by atoms with van der Waals surface area (Å²) in [6, 6.07) is 12.5. The Bertz CT molecular complexity index is 1100. The van der Waals surface area contributed by atoms with Gasteiger partial charge in [0.1, 0.15) is 23.7 Å². The molecule has 3 rings (SSSR count). The number of benzene rings is 2. The Balaban J connectivity index is 0.00000320. The summed E-state index contributed by atoms with van der Waals surface area (Å²) < 4.78 is 36.5. The smallest absolute Gasteiger partial charge is 0.229 e. The van der Waals surface area contributed by atoms with Crippen molar-refractivity contribution in [1.82, 2.24) is 5.32 Å². The van der Waals surface area contributed by atoms with Crippen LogP contribution < -0.4 is 14.8 Å². The number of aryl methyl sites for hydroxylation is 2. The molecule has 0 aliphatic heterocycles. The standard InChI is InChI=1S/C21H26N2O5S.ClH/c1-14-15(2)28-21-12-18(7-8-19(14)21)27-10-9-22-13-20(24)16-5-4-6-17(11-16)23-29(3,25)26;/h4-8,11-12,20,22-24H,9-10,13H2,1-3H3;1H. The van der Waals surface area contributed by atoms with Crippen molar-refractivity contribution in [2.75, 3.05) is 30.7 Å². The fourth-order valence-electron chi connectivity index (χ4n) is 3.04. The largest absolute Gasteiger partial charge is 0.492 e. The average Bonchev–Trinajstić information content (AvgIpc) is 2.93. The number of fused-ring (bicyclic) bond motifs is 1. The van der Waals surface area contributed by atoms with Gasteiger partial charge < -0.3 is 19.6 Å². The van der Waals surface area contributed by atoms with Gasteiger partial charge in [-0.3, -0.25) is 4.72 Å². The summed E-state index contributed by atoms with van der Waals surface area (Å²) in [6.07, 6.45) is 0.325. The molecule has 7 nitrogen and oxygen atoms in total. The van der Waals surface area contributed by atoms with Crippen LogP contribution in [0, 0.1) is 13.8 Å². The van der Waals surface area contributed by atoms with Crippen molar-refractivity contribution >= 4 is 39.1 Å². The van der Waals surface area contributed by atoms with E-state index in [-0.39, 0.29) is 12.4 Å². The third-order valence-corrected chi connectivity index (χ3v) is 5.21. The highest BCUT2D eigenvalue weighted by atomic mass is 35.5. The molecule has 164 valence electrons. The van der Waals surface area contributed by atoms with Gasteiger partial charge in [0.15, 0.2) is 0 Å². The number of furan rings is 1. The van der Waals surface area contributed by atoms with Crippen LogP contribution in [-0.4, -0.2) is 39.5 Å². The monoisotopic (exact) mass is 454 g/mol. The fourth-order valence-corrected chi connectivity index (χ4v) is 3.59. The molecule has 0 aliphatic carbocycles. The Kier molecular flexibility index (Phi) is 8.14. The quantitative estimate of drug-likeness (QED) is 0.427. The van der Waals surface area contributed by atoms with Crippen LogP contribution in [0.3, 0.4) is 0 Å². The summed E-state index contributed by atoms with van der Waals surface area (Å²) in [5.41, 5.74) is 2.99. The molecule has 1 atom stereocenters. The van der Waals surface area contributed by atoms with Crippen LogP contribution in [0.15, 0.2) is 46.9 Å². The van der Waals surface area contributed by atoms with Gasteiger partial charge in [-0.15, -0.1) is 12.4 Å². The lowest BCUT2D eigenvalue weighted by atomic mass is 10.1.